The fourth-order valence-corrected chi connectivity index (χ4v) is 5.78. The molecule has 228 valence electrons. The molecule has 2 aliphatic rings. The van der Waals surface area contributed by atoms with Gasteiger partial charge >= 0.3 is 10.2 Å². The molecule has 2 aromatic rings. The van der Waals surface area contributed by atoms with Crippen LogP contribution >= 0.6 is 10.2 Å². The van der Waals surface area contributed by atoms with Crippen molar-refractivity contribution in [2.24, 2.45) is 0 Å². The Labute approximate surface area is 232 Å². The lowest BCUT2D eigenvalue weighted by atomic mass is 9.91. The molecule has 2 N–H and O–H groups in total. The predicted molar refractivity (Wildman–Crippen MR) is 140 cm³/mol. The van der Waals surface area contributed by atoms with Gasteiger partial charge in [-0.2, -0.15) is 0 Å². The standard InChI is InChI=1S/C26H31F7N4O3S/c1-16-9-12-34-15-21(16)23(24(38)36-17-7-10-26(27,28)11-8-17)37(25(39)22-13-19(40-2)14-35-22)18-3-5-20(6-4-18)41(29,30,31,32)33/h3-6,9,12,15,17,19,22-23,35H,7-8,10-11,13-14H2,1-2H3,(H,36,38)/t19-,22-,23?/m1/s1. The number of pyridine rings is 1. The van der Waals surface area contributed by atoms with Crippen LogP contribution in [0.5, 0.6) is 0 Å². The normalized spacial score (nSPS) is 23.7. The van der Waals surface area contributed by atoms with Gasteiger partial charge in [-0.25, -0.2) is 8.78 Å². The number of carbonyl (C=O) groups is 2. The number of hydrogen-bond acceptors (Lipinski definition) is 5. The average Bonchev–Trinajstić information content (AvgIpc) is 3.37. The van der Waals surface area contributed by atoms with Crippen LogP contribution < -0.4 is 15.5 Å². The van der Waals surface area contributed by atoms with Crippen molar-refractivity contribution >= 4 is 27.7 Å². The first-order chi connectivity index (χ1) is 18.9. The van der Waals surface area contributed by atoms with Crippen molar-refractivity contribution in [3.63, 3.8) is 0 Å². The number of alkyl halides is 2. The molecule has 0 spiro atoms. The third-order valence-electron chi connectivity index (χ3n) is 7.46. The van der Waals surface area contributed by atoms with Gasteiger partial charge in [0.25, 0.3) is 0 Å². The van der Waals surface area contributed by atoms with E-state index >= 15 is 0 Å². The molecule has 1 saturated carbocycles. The minimum Gasteiger partial charge on any atom is -0.380 e. The molecule has 1 aromatic heterocycles. The van der Waals surface area contributed by atoms with E-state index in [4.69, 9.17) is 4.74 Å². The number of methoxy groups -OCH3 is 1. The molecular weight excluding hydrogens is 581 g/mol. The Morgan fingerprint density at radius 1 is 1.10 bits per heavy atom. The SMILES string of the molecule is CO[C@H]1CN[C@@H](C(=O)N(c2ccc(S(F)(F)(F)(F)F)cc2)C(C(=O)NC2CCC(F)(F)CC2)c2cnccc2C)C1. The average molecular weight is 613 g/mol. The van der Waals surface area contributed by atoms with Gasteiger partial charge in [-0.3, -0.25) is 19.5 Å². The first-order valence-electron chi connectivity index (χ1n) is 12.9. The summed E-state index contributed by atoms with van der Waals surface area (Å²) in [6, 6.07) is 0.255. The summed E-state index contributed by atoms with van der Waals surface area (Å²) in [6.45, 7) is 1.91. The van der Waals surface area contributed by atoms with Crippen LogP contribution in [0.2, 0.25) is 0 Å². The van der Waals surface area contributed by atoms with E-state index in [1.165, 1.54) is 19.5 Å². The molecule has 41 heavy (non-hydrogen) atoms. The van der Waals surface area contributed by atoms with Crippen LogP contribution in [0.15, 0.2) is 47.6 Å². The molecule has 1 aliphatic heterocycles. The van der Waals surface area contributed by atoms with E-state index in [9.17, 15) is 37.8 Å². The minimum atomic E-state index is -10.0. The quantitative estimate of drug-likeness (QED) is 0.348. The lowest BCUT2D eigenvalue weighted by molar-refractivity contribution is -0.128. The Balaban J connectivity index is 1.79. The van der Waals surface area contributed by atoms with Crippen molar-refractivity contribution in [2.45, 2.75) is 74.1 Å². The van der Waals surface area contributed by atoms with Crippen molar-refractivity contribution < 1.29 is 42.5 Å². The number of benzene rings is 1. The van der Waals surface area contributed by atoms with E-state index < -0.39 is 63.8 Å². The first-order valence-corrected chi connectivity index (χ1v) is 14.9. The Hall–Kier alpha value is -2.91. The smallest absolute Gasteiger partial charge is 0.310 e. The zero-order valence-electron chi connectivity index (χ0n) is 22.3. The van der Waals surface area contributed by atoms with Gasteiger partial charge in [0.15, 0.2) is 0 Å². The van der Waals surface area contributed by atoms with Crippen molar-refractivity contribution in [1.82, 2.24) is 15.6 Å². The monoisotopic (exact) mass is 612 g/mol. The van der Waals surface area contributed by atoms with Gasteiger partial charge in [-0.15, -0.1) is 0 Å². The predicted octanol–water partition coefficient (Wildman–Crippen LogP) is 6.19. The fraction of sp³-hybridized carbons (Fsp3) is 0.500. The second-order valence-electron chi connectivity index (χ2n) is 10.5. The van der Waals surface area contributed by atoms with Crippen molar-refractivity contribution in [3.05, 3.63) is 53.9 Å². The highest BCUT2D eigenvalue weighted by molar-refractivity contribution is 8.45. The summed E-state index contributed by atoms with van der Waals surface area (Å²) < 4.78 is 100. The fourth-order valence-electron chi connectivity index (χ4n) is 5.13. The number of halogens is 7. The molecule has 1 unspecified atom stereocenters. The molecule has 2 amide bonds. The largest absolute Gasteiger partial charge is 0.380 e. The van der Waals surface area contributed by atoms with E-state index in [1.54, 1.807) is 13.0 Å². The maximum Gasteiger partial charge on any atom is 0.310 e. The van der Waals surface area contributed by atoms with Crippen LogP contribution in [0.4, 0.5) is 33.9 Å². The maximum absolute atomic E-state index is 14.0. The summed E-state index contributed by atoms with van der Waals surface area (Å²) in [5.74, 6) is -4.36. The number of anilines is 1. The van der Waals surface area contributed by atoms with Crippen LogP contribution in [0, 0.1) is 6.92 Å². The lowest BCUT2D eigenvalue weighted by Crippen LogP contribution is -2.52. The summed E-state index contributed by atoms with van der Waals surface area (Å²) in [5.41, 5.74) is 0.477. The molecule has 0 bridgehead atoms. The van der Waals surface area contributed by atoms with Gasteiger partial charge in [0.2, 0.25) is 17.7 Å². The molecule has 1 saturated heterocycles. The van der Waals surface area contributed by atoms with E-state index in [0.29, 0.717) is 17.7 Å². The van der Waals surface area contributed by atoms with Crippen LogP contribution in [0.25, 0.3) is 0 Å². The molecule has 3 atom stereocenters. The number of aromatic nitrogens is 1. The highest BCUT2D eigenvalue weighted by Gasteiger charge is 2.65. The van der Waals surface area contributed by atoms with Crippen molar-refractivity contribution in [3.8, 4) is 0 Å². The lowest BCUT2D eigenvalue weighted by Gasteiger charge is -2.41. The van der Waals surface area contributed by atoms with Gasteiger partial charge in [-0.1, -0.05) is 19.4 Å². The van der Waals surface area contributed by atoms with E-state index in [2.05, 4.69) is 15.6 Å². The highest BCUT2D eigenvalue weighted by Crippen LogP contribution is 3.02. The molecule has 1 aromatic carbocycles. The second-order valence-corrected chi connectivity index (χ2v) is 12.9. The molecule has 4 rings (SSSR count). The highest BCUT2D eigenvalue weighted by atomic mass is 32.5. The molecule has 7 nitrogen and oxygen atoms in total. The topological polar surface area (TPSA) is 83.6 Å². The molecule has 0 radical (unpaired) electrons. The number of aryl methyl sites for hydroxylation is 1. The van der Waals surface area contributed by atoms with Crippen molar-refractivity contribution in [2.75, 3.05) is 18.6 Å². The third-order valence-corrected chi connectivity index (χ3v) is 8.63. The van der Waals surface area contributed by atoms with Gasteiger partial charge in [0.1, 0.15) is 10.9 Å². The second kappa shape index (κ2) is 10.4. The molecule has 1 aliphatic carbocycles. The van der Waals surface area contributed by atoms with Crippen molar-refractivity contribution in [1.29, 1.82) is 0 Å². The number of carbonyl (C=O) groups excluding carboxylic acids is 2. The Morgan fingerprint density at radius 2 is 1.73 bits per heavy atom. The van der Waals surface area contributed by atoms with Gasteiger partial charge in [0, 0.05) is 56.2 Å². The number of nitrogens with zero attached hydrogens (tertiary/aromatic N) is 2. The van der Waals surface area contributed by atoms with Crippen LogP contribution in [0.3, 0.4) is 0 Å². The summed E-state index contributed by atoms with van der Waals surface area (Å²) in [5, 5.41) is 5.68. The Morgan fingerprint density at radius 3 is 2.27 bits per heavy atom. The summed E-state index contributed by atoms with van der Waals surface area (Å²) in [6.07, 6.45) is 1.62. The molecule has 2 fully saturated rings. The third kappa shape index (κ3) is 7.30. The van der Waals surface area contributed by atoms with E-state index in [0.717, 1.165) is 4.90 Å². The number of amides is 2. The zero-order chi connectivity index (χ0) is 30.3. The van der Waals surface area contributed by atoms with Crippen LogP contribution in [-0.2, 0) is 14.3 Å². The number of nitrogens with one attached hydrogen (secondary N) is 2. The van der Waals surface area contributed by atoms with E-state index in [1.807, 2.05) is 0 Å². The van der Waals surface area contributed by atoms with Gasteiger partial charge in [-0.05, 0) is 62.1 Å². The molecule has 2 heterocycles. The number of hydrogen-bond donors (Lipinski definition) is 2. The van der Waals surface area contributed by atoms with Gasteiger partial charge in [0.05, 0.1) is 12.1 Å². The molecule has 15 heteroatoms. The summed E-state index contributed by atoms with van der Waals surface area (Å²) >= 11 is 0. The number of ether oxygens (including phenoxy) is 1. The number of rotatable bonds is 8. The molecular formula is C26H31F7N4O3S. The Bertz CT molecular complexity index is 1290. The summed E-state index contributed by atoms with van der Waals surface area (Å²) in [7, 11) is -8.58. The van der Waals surface area contributed by atoms with Gasteiger partial charge < -0.3 is 15.4 Å². The van der Waals surface area contributed by atoms with Crippen LogP contribution in [-0.4, -0.2) is 54.6 Å². The minimum absolute atomic E-state index is 0.0241. The van der Waals surface area contributed by atoms with Crippen LogP contribution in [0.1, 0.15) is 49.3 Å². The first kappa shape index (κ1) is 31.0. The maximum atomic E-state index is 14.0. The summed E-state index contributed by atoms with van der Waals surface area (Å²) in [4.78, 5) is 30.7. The zero-order valence-corrected chi connectivity index (χ0v) is 23.1. The Kier molecular flexibility index (Phi) is 7.89. The van der Waals surface area contributed by atoms with E-state index in [-0.39, 0.29) is 55.3 Å².